The van der Waals surface area contributed by atoms with Crippen molar-refractivity contribution < 1.29 is 9.59 Å². The molecule has 5 rings (SSSR count). The van der Waals surface area contributed by atoms with E-state index in [-0.39, 0.29) is 17.4 Å². The maximum absolute atomic E-state index is 13.3. The molecular weight excluding hydrogens is 390 g/mol. The van der Waals surface area contributed by atoms with Crippen molar-refractivity contribution in [1.29, 1.82) is 0 Å². The Morgan fingerprint density at radius 3 is 2.55 bits per heavy atom. The van der Waals surface area contributed by atoms with Crippen molar-refractivity contribution in [3.8, 4) is 0 Å². The van der Waals surface area contributed by atoms with Gasteiger partial charge in [-0.25, -0.2) is 0 Å². The third-order valence-corrected chi connectivity index (χ3v) is 7.50. The fourth-order valence-corrected chi connectivity index (χ4v) is 6.06. The highest BCUT2D eigenvalue weighted by Gasteiger charge is 2.61. The van der Waals surface area contributed by atoms with Crippen LogP contribution in [-0.2, 0) is 11.3 Å². The lowest BCUT2D eigenvalue weighted by molar-refractivity contribution is -0.135. The molecular formula is C24H29N5O2. The summed E-state index contributed by atoms with van der Waals surface area (Å²) in [5, 5.41) is 0. The van der Waals surface area contributed by atoms with Gasteiger partial charge in [0.2, 0.25) is 5.91 Å². The van der Waals surface area contributed by atoms with E-state index in [9.17, 15) is 9.59 Å². The summed E-state index contributed by atoms with van der Waals surface area (Å²) in [6.45, 7) is 6.79. The Morgan fingerprint density at radius 1 is 1.10 bits per heavy atom. The molecule has 2 aromatic rings. The fourth-order valence-electron chi connectivity index (χ4n) is 6.06. The van der Waals surface area contributed by atoms with Crippen molar-refractivity contribution in [3.05, 3.63) is 60.2 Å². The van der Waals surface area contributed by atoms with Crippen molar-refractivity contribution in [1.82, 2.24) is 24.7 Å². The Hall–Kier alpha value is -2.80. The topological polar surface area (TPSA) is 69.6 Å². The third-order valence-electron chi connectivity index (χ3n) is 7.50. The van der Waals surface area contributed by atoms with Gasteiger partial charge in [-0.2, -0.15) is 0 Å². The molecule has 7 heteroatoms. The Bertz CT molecular complexity index is 943. The monoisotopic (exact) mass is 419 g/mol. The summed E-state index contributed by atoms with van der Waals surface area (Å²) in [5.41, 5.74) is 1.74. The Kier molecular flexibility index (Phi) is 5.22. The molecule has 0 aliphatic carbocycles. The number of likely N-dealkylation sites (tertiary alicyclic amines) is 3. The molecule has 3 aliphatic heterocycles. The van der Waals surface area contributed by atoms with E-state index in [0.29, 0.717) is 30.5 Å². The quantitative estimate of drug-likeness (QED) is 0.759. The summed E-state index contributed by atoms with van der Waals surface area (Å²) in [4.78, 5) is 41.0. The number of piperidine rings is 1. The van der Waals surface area contributed by atoms with E-state index in [2.05, 4.69) is 32.8 Å². The van der Waals surface area contributed by atoms with Crippen molar-refractivity contribution in [2.24, 2.45) is 11.8 Å². The molecule has 2 amide bonds. The number of hydrogen-bond acceptors (Lipinski definition) is 5. The van der Waals surface area contributed by atoms with Gasteiger partial charge >= 0.3 is 0 Å². The molecule has 5 heterocycles. The van der Waals surface area contributed by atoms with Gasteiger partial charge in [-0.3, -0.25) is 24.5 Å². The number of aromatic nitrogens is 2. The van der Waals surface area contributed by atoms with E-state index in [0.717, 1.165) is 39.0 Å². The molecule has 0 radical (unpaired) electrons. The molecule has 0 saturated carbocycles. The van der Waals surface area contributed by atoms with Gasteiger partial charge in [0.15, 0.2) is 0 Å². The van der Waals surface area contributed by atoms with Crippen molar-refractivity contribution >= 4 is 11.8 Å². The van der Waals surface area contributed by atoms with Crippen LogP contribution >= 0.6 is 0 Å². The van der Waals surface area contributed by atoms with Crippen LogP contribution in [0.3, 0.4) is 0 Å². The molecule has 0 unspecified atom stereocenters. The first-order chi connectivity index (χ1) is 15.1. The smallest absolute Gasteiger partial charge is 0.253 e. The second-order valence-corrected chi connectivity index (χ2v) is 8.98. The van der Waals surface area contributed by atoms with Crippen LogP contribution in [0.25, 0.3) is 0 Å². The average Bonchev–Trinajstić information content (AvgIpc) is 3.32. The summed E-state index contributed by atoms with van der Waals surface area (Å²) < 4.78 is 0. The summed E-state index contributed by atoms with van der Waals surface area (Å²) in [7, 11) is 0. The van der Waals surface area contributed by atoms with Crippen LogP contribution in [0.2, 0.25) is 0 Å². The van der Waals surface area contributed by atoms with Gasteiger partial charge < -0.3 is 9.80 Å². The van der Waals surface area contributed by atoms with Crippen molar-refractivity contribution in [3.63, 3.8) is 0 Å². The van der Waals surface area contributed by atoms with E-state index >= 15 is 0 Å². The zero-order chi connectivity index (χ0) is 21.4. The lowest BCUT2D eigenvalue weighted by atomic mass is 9.74. The van der Waals surface area contributed by atoms with Crippen LogP contribution in [0.5, 0.6) is 0 Å². The molecule has 0 aromatic carbocycles. The number of hydrogen-bond donors (Lipinski definition) is 0. The van der Waals surface area contributed by atoms with Crippen molar-refractivity contribution in [2.75, 3.05) is 32.7 Å². The lowest BCUT2D eigenvalue weighted by Crippen LogP contribution is -2.57. The van der Waals surface area contributed by atoms with Crippen LogP contribution < -0.4 is 0 Å². The Morgan fingerprint density at radius 2 is 1.87 bits per heavy atom. The van der Waals surface area contributed by atoms with E-state index in [1.165, 1.54) is 5.56 Å². The van der Waals surface area contributed by atoms with Gasteiger partial charge in [0.1, 0.15) is 0 Å². The first kappa shape index (κ1) is 20.1. The Balaban J connectivity index is 1.32. The van der Waals surface area contributed by atoms with Gasteiger partial charge in [-0.1, -0.05) is 6.07 Å². The highest BCUT2D eigenvalue weighted by molar-refractivity contribution is 5.94. The number of pyridine rings is 2. The number of amides is 2. The van der Waals surface area contributed by atoms with E-state index in [1.807, 2.05) is 17.2 Å². The number of fused-ring (bicyclic) bond motifs is 2. The minimum absolute atomic E-state index is 0.0609. The van der Waals surface area contributed by atoms with Crippen LogP contribution in [-0.4, -0.2) is 74.7 Å². The molecule has 3 fully saturated rings. The van der Waals surface area contributed by atoms with Gasteiger partial charge in [-0.05, 0) is 43.5 Å². The third kappa shape index (κ3) is 3.41. The standard InChI is InChI=1S/C24H29N5O2/c1-2-29-23(31)20-16-27(15-18-4-3-9-26-14-18)17-21(20)24(29)7-12-28(13-8-24)22(30)19-5-10-25-11-6-19/h3-6,9-11,14,20-21H,2,7-8,12-13,15-17H2,1H3/t20-,21+/m1/s1. The predicted molar refractivity (Wildman–Crippen MR) is 116 cm³/mol. The number of nitrogens with zero attached hydrogens (tertiary/aromatic N) is 5. The summed E-state index contributed by atoms with van der Waals surface area (Å²) in [6, 6.07) is 7.61. The van der Waals surface area contributed by atoms with E-state index in [4.69, 9.17) is 0 Å². The Labute approximate surface area is 183 Å². The SMILES string of the molecule is CCN1C(=O)[C@@H]2CN(Cc3cccnc3)C[C@@H]2C12CCN(C(=O)c1ccncc1)CC2. The zero-order valence-corrected chi connectivity index (χ0v) is 18.0. The van der Waals surface area contributed by atoms with Gasteiger partial charge in [-0.15, -0.1) is 0 Å². The molecule has 31 heavy (non-hydrogen) atoms. The molecule has 2 atom stereocenters. The fraction of sp³-hybridized carbons (Fsp3) is 0.500. The van der Waals surface area contributed by atoms with Gasteiger partial charge in [0, 0.05) is 75.5 Å². The second kappa shape index (κ2) is 8.04. The largest absolute Gasteiger partial charge is 0.338 e. The van der Waals surface area contributed by atoms with Gasteiger partial charge in [0.25, 0.3) is 5.91 Å². The summed E-state index contributed by atoms with van der Waals surface area (Å²) in [5.74, 6) is 0.759. The molecule has 0 bridgehead atoms. The normalized spacial score (nSPS) is 25.3. The van der Waals surface area contributed by atoms with E-state index in [1.54, 1.807) is 30.7 Å². The highest BCUT2D eigenvalue weighted by atomic mass is 16.2. The second-order valence-electron chi connectivity index (χ2n) is 8.98. The molecule has 3 aliphatic rings. The number of rotatable bonds is 4. The van der Waals surface area contributed by atoms with E-state index < -0.39 is 0 Å². The first-order valence-corrected chi connectivity index (χ1v) is 11.2. The molecule has 2 aromatic heterocycles. The van der Waals surface area contributed by atoms with Gasteiger partial charge in [0.05, 0.1) is 11.5 Å². The predicted octanol–water partition coefficient (Wildman–Crippen LogP) is 2.06. The number of carbonyl (C=O) groups is 2. The number of carbonyl (C=O) groups excluding carboxylic acids is 2. The van der Waals surface area contributed by atoms with Crippen molar-refractivity contribution in [2.45, 2.75) is 31.8 Å². The van der Waals surface area contributed by atoms with Crippen LogP contribution in [0.15, 0.2) is 49.1 Å². The summed E-state index contributed by atoms with van der Waals surface area (Å²) in [6.07, 6.45) is 8.73. The molecule has 0 N–H and O–H groups in total. The molecule has 1 spiro atoms. The maximum Gasteiger partial charge on any atom is 0.253 e. The first-order valence-electron chi connectivity index (χ1n) is 11.2. The minimum atomic E-state index is -0.130. The highest BCUT2D eigenvalue weighted by Crippen LogP contribution is 2.49. The molecule has 3 saturated heterocycles. The summed E-state index contributed by atoms with van der Waals surface area (Å²) >= 11 is 0. The molecule has 7 nitrogen and oxygen atoms in total. The zero-order valence-electron chi connectivity index (χ0n) is 18.0. The average molecular weight is 420 g/mol. The minimum Gasteiger partial charge on any atom is -0.338 e. The van der Waals surface area contributed by atoms with Crippen LogP contribution in [0.4, 0.5) is 0 Å². The lowest BCUT2D eigenvalue weighted by Gasteiger charge is -2.47. The maximum atomic E-state index is 13.3. The van der Waals surface area contributed by atoms with Crippen LogP contribution in [0.1, 0.15) is 35.7 Å². The molecule has 162 valence electrons. The van der Waals surface area contributed by atoms with Crippen LogP contribution in [0, 0.1) is 11.8 Å².